The number of carbonyl (C=O) groups excluding carboxylic acids is 2. The second-order valence-corrected chi connectivity index (χ2v) is 5.56. The summed E-state index contributed by atoms with van der Waals surface area (Å²) in [5, 5.41) is 2.72. The van der Waals surface area contributed by atoms with Crippen molar-refractivity contribution in [3.05, 3.63) is 58.3 Å². The summed E-state index contributed by atoms with van der Waals surface area (Å²) in [6.45, 7) is 1.47. The molecule has 2 rings (SSSR count). The predicted octanol–water partition coefficient (Wildman–Crippen LogP) is 3.82. The van der Waals surface area contributed by atoms with Gasteiger partial charge in [0.2, 0.25) is 5.91 Å². The van der Waals surface area contributed by atoms with Gasteiger partial charge >= 0.3 is 0 Å². The number of hydrogen-bond acceptors (Lipinski definition) is 2. The SMILES string of the molecule is CC(=O)N(C)c1ccc(NC(=O)c2ccc(F)cc2Br)cc1. The van der Waals surface area contributed by atoms with Gasteiger partial charge in [-0.1, -0.05) is 0 Å². The average molecular weight is 365 g/mol. The Hall–Kier alpha value is -2.21. The van der Waals surface area contributed by atoms with Crippen LogP contribution in [0.2, 0.25) is 0 Å². The fraction of sp³-hybridized carbons (Fsp3) is 0.125. The summed E-state index contributed by atoms with van der Waals surface area (Å²) in [5.41, 5.74) is 1.65. The normalized spacial score (nSPS) is 10.2. The Balaban J connectivity index is 2.13. The highest BCUT2D eigenvalue weighted by Crippen LogP contribution is 2.21. The van der Waals surface area contributed by atoms with E-state index in [9.17, 15) is 14.0 Å². The molecular weight excluding hydrogens is 351 g/mol. The van der Waals surface area contributed by atoms with E-state index >= 15 is 0 Å². The Morgan fingerprint density at radius 3 is 2.32 bits per heavy atom. The summed E-state index contributed by atoms with van der Waals surface area (Å²) >= 11 is 3.16. The van der Waals surface area contributed by atoms with Crippen molar-refractivity contribution in [2.24, 2.45) is 0 Å². The van der Waals surface area contributed by atoms with Crippen molar-refractivity contribution in [3.63, 3.8) is 0 Å². The zero-order chi connectivity index (χ0) is 16.3. The maximum Gasteiger partial charge on any atom is 0.256 e. The van der Waals surface area contributed by atoms with E-state index in [-0.39, 0.29) is 11.8 Å². The second-order valence-electron chi connectivity index (χ2n) is 4.70. The molecule has 2 aromatic rings. The predicted molar refractivity (Wildman–Crippen MR) is 87.6 cm³/mol. The molecule has 4 nitrogen and oxygen atoms in total. The first-order valence-electron chi connectivity index (χ1n) is 6.49. The molecule has 0 bridgehead atoms. The minimum atomic E-state index is -0.417. The molecule has 0 radical (unpaired) electrons. The highest BCUT2D eigenvalue weighted by molar-refractivity contribution is 9.10. The number of carbonyl (C=O) groups is 2. The fourth-order valence-corrected chi connectivity index (χ4v) is 2.35. The highest BCUT2D eigenvalue weighted by Gasteiger charge is 2.11. The van der Waals surface area contributed by atoms with Crippen LogP contribution < -0.4 is 10.2 Å². The molecule has 1 N–H and O–H groups in total. The van der Waals surface area contributed by atoms with Crippen LogP contribution in [0.1, 0.15) is 17.3 Å². The van der Waals surface area contributed by atoms with E-state index in [0.717, 1.165) is 5.69 Å². The summed E-state index contributed by atoms with van der Waals surface area (Å²) in [7, 11) is 1.67. The molecule has 0 unspecified atom stereocenters. The van der Waals surface area contributed by atoms with E-state index in [1.54, 1.807) is 31.3 Å². The van der Waals surface area contributed by atoms with Gasteiger partial charge in [-0.25, -0.2) is 4.39 Å². The lowest BCUT2D eigenvalue weighted by molar-refractivity contribution is -0.116. The van der Waals surface area contributed by atoms with Crippen LogP contribution in [0.3, 0.4) is 0 Å². The summed E-state index contributed by atoms with van der Waals surface area (Å²) in [4.78, 5) is 24.9. The van der Waals surface area contributed by atoms with Crippen molar-refractivity contribution >= 4 is 39.1 Å². The van der Waals surface area contributed by atoms with Crippen LogP contribution in [0.25, 0.3) is 0 Å². The number of benzene rings is 2. The zero-order valence-electron chi connectivity index (χ0n) is 12.1. The van der Waals surface area contributed by atoms with Gasteiger partial charge in [0.25, 0.3) is 5.91 Å². The van der Waals surface area contributed by atoms with Crippen LogP contribution in [-0.4, -0.2) is 18.9 Å². The molecule has 6 heteroatoms. The number of hydrogen-bond donors (Lipinski definition) is 1. The minimum Gasteiger partial charge on any atom is -0.322 e. The van der Waals surface area contributed by atoms with Gasteiger partial charge in [0.1, 0.15) is 5.82 Å². The lowest BCUT2D eigenvalue weighted by Crippen LogP contribution is -2.22. The van der Waals surface area contributed by atoms with E-state index in [2.05, 4.69) is 21.2 Å². The first kappa shape index (κ1) is 16.2. The van der Waals surface area contributed by atoms with Gasteiger partial charge in [-0.05, 0) is 58.4 Å². The minimum absolute atomic E-state index is 0.0768. The van der Waals surface area contributed by atoms with Crippen molar-refractivity contribution in [3.8, 4) is 0 Å². The van der Waals surface area contributed by atoms with Crippen molar-refractivity contribution in [2.75, 3.05) is 17.3 Å². The van der Waals surface area contributed by atoms with Crippen molar-refractivity contribution in [1.82, 2.24) is 0 Å². The molecule has 0 atom stereocenters. The summed E-state index contributed by atoms with van der Waals surface area (Å²) in [6.07, 6.45) is 0. The number of nitrogens with one attached hydrogen (secondary N) is 1. The molecule has 2 amide bonds. The third-order valence-corrected chi connectivity index (χ3v) is 3.82. The van der Waals surface area contributed by atoms with E-state index in [1.165, 1.54) is 30.0 Å². The molecule has 2 aromatic carbocycles. The van der Waals surface area contributed by atoms with Gasteiger partial charge in [0.15, 0.2) is 0 Å². The molecule has 0 aliphatic rings. The Labute approximate surface area is 136 Å². The van der Waals surface area contributed by atoms with Crippen LogP contribution in [0.15, 0.2) is 46.9 Å². The smallest absolute Gasteiger partial charge is 0.256 e. The molecule has 22 heavy (non-hydrogen) atoms. The van der Waals surface area contributed by atoms with Crippen LogP contribution in [0.4, 0.5) is 15.8 Å². The van der Waals surface area contributed by atoms with Gasteiger partial charge in [0.05, 0.1) is 5.56 Å². The van der Waals surface area contributed by atoms with Crippen LogP contribution in [0.5, 0.6) is 0 Å². The number of anilines is 2. The first-order valence-corrected chi connectivity index (χ1v) is 7.28. The molecular formula is C16H14BrFN2O2. The molecule has 0 saturated heterocycles. The number of halogens is 2. The standard InChI is InChI=1S/C16H14BrFN2O2/c1-10(21)20(2)13-6-4-12(5-7-13)19-16(22)14-8-3-11(18)9-15(14)17/h3-9H,1-2H3,(H,19,22). The van der Waals surface area contributed by atoms with Gasteiger partial charge in [-0.2, -0.15) is 0 Å². The number of nitrogens with zero attached hydrogens (tertiary/aromatic N) is 1. The lowest BCUT2D eigenvalue weighted by atomic mass is 10.2. The molecule has 0 spiro atoms. The Morgan fingerprint density at radius 2 is 1.77 bits per heavy atom. The quantitative estimate of drug-likeness (QED) is 0.899. The molecule has 0 heterocycles. The van der Waals surface area contributed by atoms with Crippen LogP contribution in [-0.2, 0) is 4.79 Å². The maximum atomic E-state index is 13.0. The summed E-state index contributed by atoms with van der Waals surface area (Å²) in [5.74, 6) is -0.841. The largest absolute Gasteiger partial charge is 0.322 e. The van der Waals surface area contributed by atoms with Gasteiger partial charge in [-0.15, -0.1) is 0 Å². The summed E-state index contributed by atoms with van der Waals surface area (Å²) < 4.78 is 13.4. The van der Waals surface area contributed by atoms with Crippen LogP contribution >= 0.6 is 15.9 Å². The molecule has 0 fully saturated rings. The molecule has 114 valence electrons. The highest BCUT2D eigenvalue weighted by atomic mass is 79.9. The molecule has 0 saturated carbocycles. The average Bonchev–Trinajstić information content (AvgIpc) is 2.47. The topological polar surface area (TPSA) is 49.4 Å². The number of amides is 2. The third-order valence-electron chi connectivity index (χ3n) is 3.16. The van der Waals surface area contributed by atoms with Crippen LogP contribution in [0, 0.1) is 5.82 Å². The molecule has 0 aliphatic carbocycles. The molecule has 0 aliphatic heterocycles. The Kier molecular flexibility index (Phi) is 4.92. The van der Waals surface area contributed by atoms with Gasteiger partial charge < -0.3 is 10.2 Å². The van der Waals surface area contributed by atoms with E-state index in [1.807, 2.05) is 0 Å². The van der Waals surface area contributed by atoms with E-state index < -0.39 is 5.82 Å². The zero-order valence-corrected chi connectivity index (χ0v) is 13.6. The Morgan fingerprint density at radius 1 is 1.14 bits per heavy atom. The summed E-state index contributed by atoms with van der Waals surface area (Å²) in [6, 6.07) is 10.7. The van der Waals surface area contributed by atoms with E-state index in [4.69, 9.17) is 0 Å². The monoisotopic (exact) mass is 364 g/mol. The third kappa shape index (κ3) is 3.71. The van der Waals surface area contributed by atoms with E-state index in [0.29, 0.717) is 15.7 Å². The number of rotatable bonds is 3. The van der Waals surface area contributed by atoms with Crippen molar-refractivity contribution in [1.29, 1.82) is 0 Å². The Bertz CT molecular complexity index is 717. The first-order chi connectivity index (χ1) is 10.4. The second kappa shape index (κ2) is 6.70. The lowest BCUT2D eigenvalue weighted by Gasteiger charge is -2.15. The fourth-order valence-electron chi connectivity index (χ4n) is 1.82. The van der Waals surface area contributed by atoms with Crippen molar-refractivity contribution < 1.29 is 14.0 Å². The maximum absolute atomic E-state index is 13.0. The molecule has 0 aromatic heterocycles. The van der Waals surface area contributed by atoms with Crippen molar-refractivity contribution in [2.45, 2.75) is 6.92 Å². The van der Waals surface area contributed by atoms with Gasteiger partial charge in [0, 0.05) is 29.8 Å². The van der Waals surface area contributed by atoms with Gasteiger partial charge in [-0.3, -0.25) is 9.59 Å².